The molecule has 0 saturated carbocycles. The van der Waals surface area contributed by atoms with Gasteiger partial charge in [0.2, 0.25) is 6.20 Å². The molecule has 4 heteroatoms. The molecule has 14 heavy (non-hydrogen) atoms. The van der Waals surface area contributed by atoms with Gasteiger partial charge in [-0.2, -0.15) is 0 Å². The Kier molecular flexibility index (Phi) is 3.12. The highest BCUT2D eigenvalue weighted by Crippen LogP contribution is 2.07. The van der Waals surface area contributed by atoms with Gasteiger partial charge in [0.25, 0.3) is 0 Å². The molecule has 72 valence electrons. The molecule has 0 saturated heterocycles. The van der Waals surface area contributed by atoms with Crippen molar-refractivity contribution in [1.82, 2.24) is 0 Å². The molecule has 4 nitrogen and oxygen atoms in total. The lowest BCUT2D eigenvalue weighted by molar-refractivity contribution is -0.400. The highest BCUT2D eigenvalue weighted by Gasteiger charge is 1.98. The van der Waals surface area contributed by atoms with E-state index in [1.807, 2.05) is 0 Å². The third kappa shape index (κ3) is 2.82. The lowest BCUT2D eigenvalue weighted by Gasteiger charge is -1.95. The highest BCUT2D eigenvalue weighted by molar-refractivity contribution is 5.94. The summed E-state index contributed by atoms with van der Waals surface area (Å²) in [6.45, 7) is 1.45. The molecule has 0 N–H and O–H groups in total. The minimum atomic E-state index is -0.541. The van der Waals surface area contributed by atoms with E-state index in [0.29, 0.717) is 11.1 Å². The van der Waals surface area contributed by atoms with E-state index in [-0.39, 0.29) is 5.78 Å². The second-order valence-corrected chi connectivity index (χ2v) is 2.78. The SMILES string of the molecule is CC(=O)c1cccc(/C=C/[N+](=O)[O-])c1. The first-order valence-corrected chi connectivity index (χ1v) is 4.02. The quantitative estimate of drug-likeness (QED) is 0.417. The summed E-state index contributed by atoms with van der Waals surface area (Å²) >= 11 is 0. The number of hydrogen-bond donors (Lipinski definition) is 0. The molecule has 0 heterocycles. The van der Waals surface area contributed by atoms with E-state index in [4.69, 9.17) is 0 Å². The monoisotopic (exact) mass is 191 g/mol. The van der Waals surface area contributed by atoms with Gasteiger partial charge in [0.05, 0.1) is 4.92 Å². The van der Waals surface area contributed by atoms with Crippen molar-refractivity contribution in [1.29, 1.82) is 0 Å². The molecular formula is C10H9NO3. The van der Waals surface area contributed by atoms with Crippen LogP contribution in [-0.4, -0.2) is 10.7 Å². The van der Waals surface area contributed by atoms with E-state index >= 15 is 0 Å². The Hall–Kier alpha value is -1.97. The second-order valence-electron chi connectivity index (χ2n) is 2.78. The van der Waals surface area contributed by atoms with Gasteiger partial charge in [-0.25, -0.2) is 0 Å². The summed E-state index contributed by atoms with van der Waals surface area (Å²) in [4.78, 5) is 20.5. The molecule has 0 aromatic heterocycles. The first-order valence-electron chi connectivity index (χ1n) is 4.02. The van der Waals surface area contributed by atoms with Gasteiger partial charge in [-0.3, -0.25) is 14.9 Å². The average Bonchev–Trinajstić information content (AvgIpc) is 2.15. The van der Waals surface area contributed by atoms with E-state index in [9.17, 15) is 14.9 Å². The summed E-state index contributed by atoms with van der Waals surface area (Å²) in [5.41, 5.74) is 1.20. The van der Waals surface area contributed by atoms with Crippen LogP contribution in [-0.2, 0) is 0 Å². The van der Waals surface area contributed by atoms with Crippen molar-refractivity contribution >= 4 is 11.9 Å². The van der Waals surface area contributed by atoms with E-state index in [1.165, 1.54) is 13.0 Å². The zero-order chi connectivity index (χ0) is 10.6. The van der Waals surface area contributed by atoms with Crippen LogP contribution in [0.3, 0.4) is 0 Å². The maximum Gasteiger partial charge on any atom is 0.235 e. The normalized spacial score (nSPS) is 10.4. The number of ketones is 1. The smallest absolute Gasteiger partial charge is 0.235 e. The lowest BCUT2D eigenvalue weighted by Crippen LogP contribution is -1.91. The molecule has 0 fully saturated rings. The van der Waals surface area contributed by atoms with Crippen LogP contribution in [0.4, 0.5) is 0 Å². The Morgan fingerprint density at radius 2 is 2.21 bits per heavy atom. The molecule has 1 aromatic rings. The molecule has 0 atom stereocenters. The van der Waals surface area contributed by atoms with Gasteiger partial charge in [0.15, 0.2) is 5.78 Å². The van der Waals surface area contributed by atoms with E-state index < -0.39 is 4.92 Å². The van der Waals surface area contributed by atoms with Gasteiger partial charge in [-0.05, 0) is 18.6 Å². The molecule has 0 amide bonds. The Balaban J connectivity index is 2.94. The van der Waals surface area contributed by atoms with Crippen molar-refractivity contribution in [3.05, 3.63) is 51.7 Å². The molecule has 0 radical (unpaired) electrons. The molecule has 1 rings (SSSR count). The number of carbonyl (C=O) groups excluding carboxylic acids is 1. The van der Waals surface area contributed by atoms with Crippen LogP contribution in [0, 0.1) is 10.1 Å². The van der Waals surface area contributed by atoms with E-state index in [2.05, 4.69) is 0 Å². The number of nitro groups is 1. The Morgan fingerprint density at radius 3 is 2.79 bits per heavy atom. The average molecular weight is 191 g/mol. The number of hydrogen-bond acceptors (Lipinski definition) is 3. The fourth-order valence-electron chi connectivity index (χ4n) is 1.01. The molecule has 0 aliphatic rings. The van der Waals surface area contributed by atoms with Crippen molar-refractivity contribution < 1.29 is 9.72 Å². The largest absolute Gasteiger partial charge is 0.295 e. The topological polar surface area (TPSA) is 60.2 Å². The fourth-order valence-corrected chi connectivity index (χ4v) is 1.01. The molecule has 0 bridgehead atoms. The number of nitrogens with zero attached hydrogens (tertiary/aromatic N) is 1. The van der Waals surface area contributed by atoms with Crippen LogP contribution in [0.2, 0.25) is 0 Å². The number of rotatable bonds is 3. The minimum absolute atomic E-state index is 0.0543. The number of benzene rings is 1. The summed E-state index contributed by atoms with van der Waals surface area (Å²) in [6, 6.07) is 6.68. The number of carbonyl (C=O) groups is 1. The Morgan fingerprint density at radius 1 is 1.50 bits per heavy atom. The summed E-state index contributed by atoms with van der Waals surface area (Å²) in [6.07, 6.45) is 2.20. The second kappa shape index (κ2) is 4.32. The van der Waals surface area contributed by atoms with Gasteiger partial charge in [-0.15, -0.1) is 0 Å². The van der Waals surface area contributed by atoms with Gasteiger partial charge in [0.1, 0.15) is 0 Å². The maximum atomic E-state index is 11.0. The van der Waals surface area contributed by atoms with Gasteiger partial charge < -0.3 is 0 Å². The third-order valence-corrected chi connectivity index (χ3v) is 1.68. The lowest BCUT2D eigenvalue weighted by atomic mass is 10.1. The molecule has 0 aliphatic carbocycles. The minimum Gasteiger partial charge on any atom is -0.295 e. The highest BCUT2D eigenvalue weighted by atomic mass is 16.6. The predicted octanol–water partition coefficient (Wildman–Crippen LogP) is 2.14. The molecule has 0 unspecified atom stereocenters. The zero-order valence-electron chi connectivity index (χ0n) is 7.64. The fraction of sp³-hybridized carbons (Fsp3) is 0.100. The summed E-state index contributed by atoms with van der Waals surface area (Å²) in [5.74, 6) is -0.0543. The van der Waals surface area contributed by atoms with Crippen molar-refractivity contribution in [2.75, 3.05) is 0 Å². The van der Waals surface area contributed by atoms with Crippen LogP contribution in [0.5, 0.6) is 0 Å². The molecule has 1 aromatic carbocycles. The van der Waals surface area contributed by atoms with Crippen molar-refractivity contribution in [3.8, 4) is 0 Å². The summed E-state index contributed by atoms with van der Waals surface area (Å²) < 4.78 is 0. The van der Waals surface area contributed by atoms with Crippen LogP contribution >= 0.6 is 0 Å². The van der Waals surface area contributed by atoms with Crippen molar-refractivity contribution in [2.24, 2.45) is 0 Å². The van der Waals surface area contributed by atoms with Crippen LogP contribution < -0.4 is 0 Å². The zero-order valence-corrected chi connectivity index (χ0v) is 7.64. The van der Waals surface area contributed by atoms with Crippen molar-refractivity contribution in [3.63, 3.8) is 0 Å². The Bertz CT molecular complexity index is 396. The summed E-state index contributed by atoms with van der Waals surface area (Å²) in [7, 11) is 0. The van der Waals surface area contributed by atoms with Gasteiger partial charge in [-0.1, -0.05) is 18.2 Å². The first kappa shape index (κ1) is 10.1. The van der Waals surface area contributed by atoms with Crippen LogP contribution in [0.15, 0.2) is 30.5 Å². The van der Waals surface area contributed by atoms with Crippen LogP contribution in [0.1, 0.15) is 22.8 Å². The van der Waals surface area contributed by atoms with E-state index in [1.54, 1.807) is 24.3 Å². The predicted molar refractivity (Wildman–Crippen MR) is 52.5 cm³/mol. The van der Waals surface area contributed by atoms with E-state index in [0.717, 1.165) is 6.20 Å². The molecule has 0 aliphatic heterocycles. The molecule has 0 spiro atoms. The van der Waals surface area contributed by atoms with Gasteiger partial charge >= 0.3 is 0 Å². The van der Waals surface area contributed by atoms with Crippen molar-refractivity contribution in [2.45, 2.75) is 6.92 Å². The Labute approximate surface area is 81.0 Å². The summed E-state index contributed by atoms with van der Waals surface area (Å²) in [5, 5.41) is 10.0. The third-order valence-electron chi connectivity index (χ3n) is 1.68. The van der Waals surface area contributed by atoms with Crippen LogP contribution in [0.25, 0.3) is 6.08 Å². The first-order chi connectivity index (χ1) is 6.59. The standard InChI is InChI=1S/C10H9NO3/c1-8(12)10-4-2-3-9(7-10)5-6-11(13)14/h2-7H,1H3/b6-5+. The number of Topliss-reactive ketones (excluding diaryl/α,β-unsaturated/α-hetero) is 1. The maximum absolute atomic E-state index is 11.0. The van der Waals surface area contributed by atoms with Gasteiger partial charge in [0, 0.05) is 11.6 Å². The molecular weight excluding hydrogens is 182 g/mol.